The van der Waals surface area contributed by atoms with E-state index in [0.29, 0.717) is 18.9 Å². The van der Waals surface area contributed by atoms with E-state index in [9.17, 15) is 4.79 Å². The lowest BCUT2D eigenvalue weighted by molar-refractivity contribution is -0.137. The van der Waals surface area contributed by atoms with Crippen molar-refractivity contribution in [2.75, 3.05) is 30.5 Å². The Hall–Kier alpha value is -1.46. The smallest absolute Gasteiger partial charge is 0.304 e. The van der Waals surface area contributed by atoms with Crippen LogP contribution in [0.1, 0.15) is 32.3 Å². The Morgan fingerprint density at radius 2 is 2.13 bits per heavy atom. The third-order valence-electron chi connectivity index (χ3n) is 3.48. The minimum atomic E-state index is -0.888. The number of halogens is 1. The van der Waals surface area contributed by atoms with Crippen LogP contribution in [-0.4, -0.2) is 42.7 Å². The highest BCUT2D eigenvalue weighted by molar-refractivity contribution is 6.18. The molecule has 0 aliphatic rings. The Kier molecular flexibility index (Phi) is 8.81. The second kappa shape index (κ2) is 10.3. The molecular weight excluding hydrogens is 316 g/mol. The largest absolute Gasteiger partial charge is 0.494 e. The summed E-state index contributed by atoms with van der Waals surface area (Å²) in [6.07, 6.45) is 1.43. The number of nitrogens with zero attached hydrogens (tertiary/aromatic N) is 1. The van der Waals surface area contributed by atoms with Gasteiger partial charge in [-0.1, -0.05) is 6.92 Å². The van der Waals surface area contributed by atoms with Gasteiger partial charge in [0.2, 0.25) is 0 Å². The van der Waals surface area contributed by atoms with Crippen LogP contribution < -0.4 is 15.4 Å². The molecule has 1 rings (SSSR count). The van der Waals surface area contributed by atoms with Gasteiger partial charge in [-0.05, 0) is 43.5 Å². The first-order valence-electron chi connectivity index (χ1n) is 8.05. The van der Waals surface area contributed by atoms with Gasteiger partial charge >= 0.3 is 5.97 Å². The molecule has 0 amide bonds. The lowest BCUT2D eigenvalue weighted by atomic mass is 10.0. The second-order valence-corrected chi connectivity index (χ2v) is 5.84. The number of aliphatic carboxylic acids is 1. The fourth-order valence-electron chi connectivity index (χ4n) is 2.54. The van der Waals surface area contributed by atoms with Crippen LogP contribution >= 0.6 is 11.6 Å². The minimum Gasteiger partial charge on any atom is -0.494 e. The van der Waals surface area contributed by atoms with Crippen LogP contribution in [0.3, 0.4) is 0 Å². The van der Waals surface area contributed by atoms with Crippen LogP contribution in [0.4, 0.5) is 5.69 Å². The van der Waals surface area contributed by atoms with E-state index in [0.717, 1.165) is 36.5 Å². The lowest BCUT2D eigenvalue weighted by Crippen LogP contribution is -2.28. The van der Waals surface area contributed by atoms with Crippen LogP contribution in [0.25, 0.3) is 0 Å². The highest BCUT2D eigenvalue weighted by Gasteiger charge is 2.15. The van der Waals surface area contributed by atoms with Crippen molar-refractivity contribution in [2.45, 2.75) is 39.2 Å². The maximum absolute atomic E-state index is 10.8. The van der Waals surface area contributed by atoms with E-state index in [1.165, 1.54) is 0 Å². The van der Waals surface area contributed by atoms with Crippen molar-refractivity contribution in [3.8, 4) is 5.75 Å². The summed E-state index contributed by atoms with van der Waals surface area (Å²) in [5.74, 6) is 0.432. The van der Waals surface area contributed by atoms with Crippen molar-refractivity contribution in [3.05, 3.63) is 23.8 Å². The number of nitrogens with two attached hydrogens (primary N) is 1. The van der Waals surface area contributed by atoms with Crippen molar-refractivity contribution < 1.29 is 14.6 Å². The number of carboxylic acid groups (broad SMARTS) is 1. The Bertz CT molecular complexity index is 491. The maximum atomic E-state index is 10.8. The Balaban J connectivity index is 3.02. The Labute approximate surface area is 143 Å². The van der Waals surface area contributed by atoms with Crippen molar-refractivity contribution >= 4 is 23.3 Å². The predicted molar refractivity (Wildman–Crippen MR) is 94.8 cm³/mol. The average Bonchev–Trinajstić information content (AvgIpc) is 2.48. The van der Waals surface area contributed by atoms with Crippen molar-refractivity contribution in [2.24, 2.45) is 5.73 Å². The van der Waals surface area contributed by atoms with Crippen LogP contribution in [0.15, 0.2) is 18.2 Å². The fraction of sp³-hybridized carbons (Fsp3) is 0.588. The Morgan fingerprint density at radius 1 is 1.39 bits per heavy atom. The molecular formula is C17H27ClN2O3. The fourth-order valence-corrected chi connectivity index (χ4v) is 2.74. The van der Waals surface area contributed by atoms with Gasteiger partial charge in [0.1, 0.15) is 5.75 Å². The summed E-state index contributed by atoms with van der Waals surface area (Å²) in [7, 11) is 0. The molecule has 6 heteroatoms. The summed E-state index contributed by atoms with van der Waals surface area (Å²) in [4.78, 5) is 13.0. The predicted octanol–water partition coefficient (Wildman–Crippen LogP) is 2.89. The molecule has 0 saturated heterocycles. The number of carbonyl (C=O) groups is 1. The van der Waals surface area contributed by atoms with Gasteiger partial charge in [-0.2, -0.15) is 0 Å². The molecule has 0 spiro atoms. The first-order chi connectivity index (χ1) is 11.0. The van der Waals surface area contributed by atoms with Gasteiger partial charge in [0, 0.05) is 30.7 Å². The van der Waals surface area contributed by atoms with E-state index >= 15 is 0 Å². The molecule has 0 aliphatic carbocycles. The lowest BCUT2D eigenvalue weighted by Gasteiger charge is -2.25. The van der Waals surface area contributed by atoms with Gasteiger partial charge in [0.05, 0.1) is 13.0 Å². The van der Waals surface area contributed by atoms with Gasteiger partial charge in [-0.25, -0.2) is 0 Å². The molecule has 5 nitrogen and oxygen atoms in total. The summed E-state index contributed by atoms with van der Waals surface area (Å²) in [6, 6.07) is 5.54. The molecule has 1 aromatic rings. The molecule has 1 aromatic carbocycles. The summed E-state index contributed by atoms with van der Waals surface area (Å²) in [6.45, 7) is 6.29. The van der Waals surface area contributed by atoms with Gasteiger partial charge < -0.3 is 20.5 Å². The summed E-state index contributed by atoms with van der Waals surface area (Å²) < 4.78 is 5.65. The van der Waals surface area contributed by atoms with Gasteiger partial charge in [0.15, 0.2) is 0 Å². The molecule has 0 saturated carbocycles. The van der Waals surface area contributed by atoms with Crippen LogP contribution in [0.5, 0.6) is 5.75 Å². The molecule has 0 radical (unpaired) electrons. The van der Waals surface area contributed by atoms with E-state index < -0.39 is 12.0 Å². The number of carboxylic acids is 1. The van der Waals surface area contributed by atoms with Gasteiger partial charge in [-0.15, -0.1) is 11.6 Å². The zero-order chi connectivity index (χ0) is 17.2. The molecule has 23 heavy (non-hydrogen) atoms. The number of rotatable bonds is 11. The molecule has 0 aliphatic heterocycles. The van der Waals surface area contributed by atoms with E-state index in [2.05, 4.69) is 11.8 Å². The summed E-state index contributed by atoms with van der Waals surface area (Å²) >= 11 is 5.89. The highest BCUT2D eigenvalue weighted by atomic mass is 35.5. The summed E-state index contributed by atoms with van der Waals surface area (Å²) in [5.41, 5.74) is 7.95. The van der Waals surface area contributed by atoms with Gasteiger partial charge in [-0.3, -0.25) is 4.79 Å². The average molecular weight is 343 g/mol. The second-order valence-electron chi connectivity index (χ2n) is 5.46. The van der Waals surface area contributed by atoms with Crippen LogP contribution in [0, 0.1) is 0 Å². The monoisotopic (exact) mass is 342 g/mol. The van der Waals surface area contributed by atoms with Crippen LogP contribution in [-0.2, 0) is 11.2 Å². The van der Waals surface area contributed by atoms with E-state index in [1.807, 2.05) is 25.1 Å². The number of benzene rings is 1. The van der Waals surface area contributed by atoms with Gasteiger partial charge in [0.25, 0.3) is 0 Å². The van der Waals surface area contributed by atoms with E-state index in [4.69, 9.17) is 27.2 Å². The topological polar surface area (TPSA) is 75.8 Å². The zero-order valence-electron chi connectivity index (χ0n) is 13.9. The van der Waals surface area contributed by atoms with E-state index in [1.54, 1.807) is 0 Å². The molecule has 130 valence electrons. The normalized spacial score (nSPS) is 12.0. The molecule has 0 unspecified atom stereocenters. The quantitative estimate of drug-likeness (QED) is 0.605. The Morgan fingerprint density at radius 3 is 2.70 bits per heavy atom. The number of anilines is 1. The zero-order valence-corrected chi connectivity index (χ0v) is 14.7. The molecule has 0 heterocycles. The van der Waals surface area contributed by atoms with Crippen molar-refractivity contribution in [3.63, 3.8) is 0 Å². The number of hydrogen-bond acceptors (Lipinski definition) is 4. The summed E-state index contributed by atoms with van der Waals surface area (Å²) in [5, 5.41) is 8.88. The third-order valence-corrected chi connectivity index (χ3v) is 3.64. The highest BCUT2D eigenvalue weighted by Crippen LogP contribution is 2.27. The van der Waals surface area contributed by atoms with Crippen molar-refractivity contribution in [1.29, 1.82) is 0 Å². The third kappa shape index (κ3) is 6.67. The first-order valence-corrected chi connectivity index (χ1v) is 8.59. The first kappa shape index (κ1) is 19.6. The number of hydrogen-bond donors (Lipinski definition) is 2. The SMILES string of the molecule is CCCN(CCCl)c1ccc(OCC)c(C[C@H](N)CC(=O)O)c1. The number of ether oxygens (including phenoxy) is 1. The molecule has 0 aromatic heterocycles. The molecule has 3 N–H and O–H groups in total. The van der Waals surface area contributed by atoms with Crippen LogP contribution in [0.2, 0.25) is 0 Å². The molecule has 0 fully saturated rings. The van der Waals surface area contributed by atoms with Crippen molar-refractivity contribution in [1.82, 2.24) is 0 Å². The minimum absolute atomic E-state index is 0.0594. The van der Waals surface area contributed by atoms with E-state index in [-0.39, 0.29) is 6.42 Å². The molecule has 0 bridgehead atoms. The molecule has 1 atom stereocenters. The standard InChI is InChI=1S/C17H27ClN2O3/c1-3-8-20(9-7-18)15-5-6-16(23-4-2)13(11-15)10-14(19)12-17(21)22/h5-6,11,14H,3-4,7-10,12,19H2,1-2H3,(H,21,22)/t14-/m0/s1. The number of alkyl halides is 1. The maximum Gasteiger partial charge on any atom is 0.304 e.